The van der Waals surface area contributed by atoms with Crippen LogP contribution < -0.4 is 0 Å². The van der Waals surface area contributed by atoms with E-state index in [1.54, 1.807) is 0 Å². The van der Waals surface area contributed by atoms with Crippen LogP contribution in [0.5, 0.6) is 0 Å². The molecule has 0 spiro atoms. The summed E-state index contributed by atoms with van der Waals surface area (Å²) in [5, 5.41) is 13.3. The number of carbonyl (C=O) groups is 1. The van der Waals surface area contributed by atoms with E-state index in [0.29, 0.717) is 52.2 Å². The molecule has 0 N–H and O–H groups in total. The van der Waals surface area contributed by atoms with Gasteiger partial charge >= 0.3 is 27.0 Å². The summed E-state index contributed by atoms with van der Waals surface area (Å²) in [5.41, 5.74) is 0.929. The summed E-state index contributed by atoms with van der Waals surface area (Å²) in [4.78, 5) is 14.3. The van der Waals surface area contributed by atoms with Crippen molar-refractivity contribution in [3.63, 3.8) is 0 Å². The van der Waals surface area contributed by atoms with E-state index in [2.05, 4.69) is 20.9 Å². The Labute approximate surface area is 200 Å². The third-order valence-corrected chi connectivity index (χ3v) is 7.12. The van der Waals surface area contributed by atoms with Gasteiger partial charge in [-0.15, -0.1) is 13.1 Å². The van der Waals surface area contributed by atoms with E-state index in [9.17, 15) is 9.36 Å². The zero-order valence-electron chi connectivity index (χ0n) is 18.4. The molecule has 1 aliphatic rings. The van der Waals surface area contributed by atoms with Crippen LogP contribution in [-0.4, -0.2) is 82.3 Å². The van der Waals surface area contributed by atoms with Gasteiger partial charge in [-0.25, -0.2) is 0 Å². The Bertz CT molecular complexity index is 642. The van der Waals surface area contributed by atoms with E-state index >= 15 is 0 Å². The Balaban J connectivity index is 0.00000480. The average molecular weight is 533 g/mol. The maximum Gasteiger partial charge on any atom is 3.00 e. The summed E-state index contributed by atoms with van der Waals surface area (Å²) in [7, 11) is -2.99. The quantitative estimate of drug-likeness (QED) is 0.273. The van der Waals surface area contributed by atoms with Gasteiger partial charge in [0.05, 0.1) is 19.3 Å². The Hall–Kier alpha value is -0.592. The minimum absolute atomic E-state index is 0. The Morgan fingerprint density at radius 3 is 2.16 bits per heavy atom. The van der Waals surface area contributed by atoms with Crippen molar-refractivity contribution in [3.8, 4) is 0 Å². The van der Waals surface area contributed by atoms with Gasteiger partial charge in [0.25, 0.3) is 0 Å². The van der Waals surface area contributed by atoms with Crippen LogP contribution in [0.2, 0.25) is 0 Å². The third-order valence-electron chi connectivity index (χ3n) is 4.66. The van der Waals surface area contributed by atoms with Crippen LogP contribution in [-0.2, 0) is 46.3 Å². The van der Waals surface area contributed by atoms with Gasteiger partial charge in [0.15, 0.2) is 0 Å². The Morgan fingerprint density at radius 2 is 1.58 bits per heavy atom. The molecule has 1 heterocycles. The molecule has 31 heavy (non-hydrogen) atoms. The number of nitrogens with zero attached hydrogens (tertiary/aromatic N) is 4. The molecular formula is C21H34MoN4O4P. The van der Waals surface area contributed by atoms with E-state index in [1.807, 2.05) is 37.3 Å². The van der Waals surface area contributed by atoms with E-state index in [-0.39, 0.29) is 46.2 Å². The molecule has 0 saturated carbocycles. The standard InChI is InChI=1S/C21H34N4O4P.Mo/c1-2-29-30(27,17-8-21(26)28-18-20-6-4-3-5-7-20)19-25-15-13-23-11-9-22-10-12-24-14-16-25;/h3-7H,2,8-19H2,1H3;/q-3;+3. The second-order valence-corrected chi connectivity index (χ2v) is 9.74. The summed E-state index contributed by atoms with van der Waals surface area (Å²) >= 11 is 0. The van der Waals surface area contributed by atoms with Gasteiger partial charge in [0.1, 0.15) is 6.61 Å². The molecule has 0 bridgehead atoms. The van der Waals surface area contributed by atoms with E-state index in [0.717, 1.165) is 18.7 Å². The smallest absolute Gasteiger partial charge is 0.665 e. The van der Waals surface area contributed by atoms with Gasteiger partial charge in [-0.3, -0.25) is 14.3 Å². The molecule has 0 aliphatic carbocycles. The first-order chi connectivity index (χ1) is 14.6. The molecule has 1 aromatic rings. The van der Waals surface area contributed by atoms with Crippen LogP contribution in [0.15, 0.2) is 30.3 Å². The van der Waals surface area contributed by atoms with Crippen LogP contribution in [0.25, 0.3) is 16.0 Å². The van der Waals surface area contributed by atoms with E-state index in [1.165, 1.54) is 0 Å². The molecule has 1 aliphatic heterocycles. The van der Waals surface area contributed by atoms with E-state index in [4.69, 9.17) is 9.26 Å². The van der Waals surface area contributed by atoms with Gasteiger partial charge in [-0.05, 0) is 25.6 Å². The minimum Gasteiger partial charge on any atom is -0.665 e. The van der Waals surface area contributed by atoms with Crippen molar-refractivity contribution in [2.75, 3.05) is 71.4 Å². The second-order valence-electron chi connectivity index (χ2n) is 7.12. The monoisotopic (exact) mass is 535 g/mol. The Kier molecular flexibility index (Phi) is 15.6. The summed E-state index contributed by atoms with van der Waals surface area (Å²) < 4.78 is 24.4. The van der Waals surface area contributed by atoms with Crippen LogP contribution in [0, 0.1) is 0 Å². The van der Waals surface area contributed by atoms with Gasteiger partial charge in [0.2, 0.25) is 7.37 Å². The van der Waals surface area contributed by atoms with Crippen LogP contribution in [0.4, 0.5) is 0 Å². The van der Waals surface area contributed by atoms with Crippen LogP contribution in [0.1, 0.15) is 18.9 Å². The number of carbonyl (C=O) groups excluding carboxylic acids is 1. The number of hydrogen-bond donors (Lipinski definition) is 0. The maximum absolute atomic E-state index is 13.4. The molecule has 0 amide bonds. The molecule has 10 heteroatoms. The molecule has 0 aromatic heterocycles. The van der Waals surface area contributed by atoms with Gasteiger partial charge in [-0.2, -0.15) is 26.2 Å². The van der Waals surface area contributed by atoms with Crippen molar-refractivity contribution in [2.24, 2.45) is 0 Å². The molecule has 1 radical (unpaired) electrons. The fourth-order valence-electron chi connectivity index (χ4n) is 3.08. The fourth-order valence-corrected chi connectivity index (χ4v) is 5.32. The molecule has 2 rings (SSSR count). The summed E-state index contributed by atoms with van der Waals surface area (Å²) in [6.45, 7) is 8.02. The zero-order valence-corrected chi connectivity index (χ0v) is 21.3. The number of benzene rings is 1. The Morgan fingerprint density at radius 1 is 1.00 bits per heavy atom. The second kappa shape index (κ2) is 17.0. The summed E-state index contributed by atoms with van der Waals surface area (Å²) in [5.74, 6) is -0.360. The van der Waals surface area contributed by atoms with Crippen LogP contribution >= 0.6 is 7.37 Å². The van der Waals surface area contributed by atoms with Crippen LogP contribution in [0.3, 0.4) is 0 Å². The summed E-state index contributed by atoms with van der Waals surface area (Å²) in [6, 6.07) is 9.52. The normalized spacial score (nSPS) is 18.6. The zero-order chi connectivity index (χ0) is 21.5. The first kappa shape index (κ1) is 28.4. The molecule has 1 aromatic carbocycles. The van der Waals surface area contributed by atoms with Crippen molar-refractivity contribution >= 4 is 13.3 Å². The SMILES string of the molecule is CCOP(=O)(CCC(=O)OCc1ccccc1)CN1CC[N-]CC[N-]CC[N-]CC1.[Mo+3]. The maximum atomic E-state index is 13.4. The van der Waals surface area contributed by atoms with Crippen molar-refractivity contribution in [2.45, 2.75) is 20.0 Å². The van der Waals surface area contributed by atoms with Crippen molar-refractivity contribution < 1.29 is 39.7 Å². The van der Waals surface area contributed by atoms with Crippen molar-refractivity contribution in [1.82, 2.24) is 4.90 Å². The summed E-state index contributed by atoms with van der Waals surface area (Å²) in [6.07, 6.45) is 0.564. The average Bonchev–Trinajstić information content (AvgIpc) is 2.74. The predicted molar refractivity (Wildman–Crippen MR) is 121 cm³/mol. The molecule has 1 saturated heterocycles. The third kappa shape index (κ3) is 12.9. The van der Waals surface area contributed by atoms with Gasteiger partial charge in [0, 0.05) is 6.16 Å². The van der Waals surface area contributed by atoms with Gasteiger partial charge < -0.3 is 25.2 Å². The van der Waals surface area contributed by atoms with Crippen molar-refractivity contribution in [3.05, 3.63) is 51.8 Å². The number of hydrogen-bond acceptors (Lipinski definition) is 5. The predicted octanol–water partition coefficient (Wildman–Crippen LogP) is 3.83. The molecule has 8 nitrogen and oxygen atoms in total. The minimum atomic E-state index is -2.99. The van der Waals surface area contributed by atoms with Crippen molar-refractivity contribution in [1.29, 1.82) is 0 Å². The molecule has 173 valence electrons. The molecule has 1 atom stereocenters. The molecule has 1 fully saturated rings. The number of rotatable bonds is 9. The fraction of sp³-hybridized carbons (Fsp3) is 0.667. The number of esters is 1. The largest absolute Gasteiger partial charge is 3.00 e. The van der Waals surface area contributed by atoms with Gasteiger partial charge in [-0.1, -0.05) is 30.3 Å². The topological polar surface area (TPSA) is 98.1 Å². The molecule has 1 unspecified atom stereocenters. The first-order valence-corrected chi connectivity index (χ1v) is 12.6. The first-order valence-electron chi connectivity index (χ1n) is 10.7. The number of ether oxygens (including phenoxy) is 1. The molecular weight excluding hydrogens is 499 g/mol. The van der Waals surface area contributed by atoms with E-state index < -0.39 is 7.37 Å².